The van der Waals surface area contributed by atoms with Crippen LogP contribution < -0.4 is 14.4 Å². The number of hydrogen-bond donors (Lipinski definition) is 1. The van der Waals surface area contributed by atoms with Gasteiger partial charge in [-0.2, -0.15) is 15.1 Å². The summed E-state index contributed by atoms with van der Waals surface area (Å²) in [5, 5.41) is 9.79. The van der Waals surface area contributed by atoms with Gasteiger partial charge < -0.3 is 19.1 Å². The first-order valence-electron chi connectivity index (χ1n) is 17.0. The summed E-state index contributed by atoms with van der Waals surface area (Å²) in [5.74, 6) is -0.403. The predicted molar refractivity (Wildman–Crippen MR) is 179 cm³/mol. The van der Waals surface area contributed by atoms with E-state index in [0.717, 1.165) is 36.8 Å². The summed E-state index contributed by atoms with van der Waals surface area (Å²) in [6, 6.07) is 4.82. The van der Waals surface area contributed by atoms with Gasteiger partial charge in [0.2, 0.25) is 5.88 Å². The summed E-state index contributed by atoms with van der Waals surface area (Å²) in [6.07, 6.45) is 4.24. The van der Waals surface area contributed by atoms with Gasteiger partial charge in [0, 0.05) is 36.3 Å². The molecule has 10 nitrogen and oxygen atoms in total. The Morgan fingerprint density at radius 1 is 1.10 bits per heavy atom. The van der Waals surface area contributed by atoms with E-state index in [1.165, 1.54) is 6.07 Å². The molecule has 7 heterocycles. The van der Waals surface area contributed by atoms with Gasteiger partial charge in [0.15, 0.2) is 5.82 Å². The van der Waals surface area contributed by atoms with Crippen LogP contribution >= 0.6 is 0 Å². The average molecular weight is 672 g/mol. The molecule has 0 bridgehead atoms. The maximum absolute atomic E-state index is 17.5. The molecule has 0 aliphatic carbocycles. The third-order valence-electron chi connectivity index (χ3n) is 10.8. The fourth-order valence-corrected chi connectivity index (χ4v) is 8.50. The monoisotopic (exact) mass is 671 g/mol. The van der Waals surface area contributed by atoms with Crippen LogP contribution in [0.4, 0.5) is 19.0 Å². The molecule has 49 heavy (non-hydrogen) atoms. The second kappa shape index (κ2) is 11.5. The van der Waals surface area contributed by atoms with E-state index in [4.69, 9.17) is 29.2 Å². The van der Waals surface area contributed by atoms with Gasteiger partial charge in [-0.25, -0.2) is 18.2 Å². The molecule has 1 N–H and O–H groups in total. The second-order valence-corrected chi connectivity index (χ2v) is 13.7. The minimum absolute atomic E-state index is 0.00288. The van der Waals surface area contributed by atoms with Crippen molar-refractivity contribution in [3.05, 3.63) is 53.0 Å². The number of aromatic amines is 1. The number of H-pyrrole nitrogens is 1. The number of benzene rings is 2. The molecule has 4 aliphatic heterocycles. The molecule has 2 atom stereocenters. The van der Waals surface area contributed by atoms with Crippen LogP contribution in [0.2, 0.25) is 0 Å². The van der Waals surface area contributed by atoms with Crippen LogP contribution in [0, 0.1) is 18.6 Å². The Balaban J connectivity index is 1.28. The molecule has 0 amide bonds. The molecule has 3 saturated heterocycles. The molecule has 9 rings (SSSR count). The molecule has 0 unspecified atom stereocenters. The number of nitrogens with one attached hydrogen (secondary N) is 1. The van der Waals surface area contributed by atoms with E-state index in [0.29, 0.717) is 89.8 Å². The molecule has 2 aromatic carbocycles. The van der Waals surface area contributed by atoms with Crippen molar-refractivity contribution in [3.63, 3.8) is 0 Å². The molecule has 3 fully saturated rings. The van der Waals surface area contributed by atoms with Gasteiger partial charge in [-0.15, -0.1) is 0 Å². The van der Waals surface area contributed by atoms with Gasteiger partial charge in [-0.05, 0) is 79.6 Å². The first kappa shape index (κ1) is 30.6. The maximum atomic E-state index is 17.5. The third-order valence-corrected chi connectivity index (χ3v) is 10.8. The first-order valence-corrected chi connectivity index (χ1v) is 17.0. The van der Waals surface area contributed by atoms with Crippen LogP contribution in [-0.2, 0) is 11.2 Å². The van der Waals surface area contributed by atoms with Crippen molar-refractivity contribution in [1.82, 2.24) is 30.0 Å². The van der Waals surface area contributed by atoms with Gasteiger partial charge in [0.25, 0.3) is 0 Å². The number of hydrogen-bond acceptors (Lipinski definition) is 9. The molecule has 0 spiro atoms. The number of anilines is 1. The highest BCUT2D eigenvalue weighted by atomic mass is 19.1. The number of aryl methyl sites for hydroxylation is 2. The summed E-state index contributed by atoms with van der Waals surface area (Å²) in [4.78, 5) is 18.8. The smallest absolute Gasteiger partial charge is 0.319 e. The molecule has 13 heteroatoms. The van der Waals surface area contributed by atoms with E-state index in [-0.39, 0.29) is 53.7 Å². The summed E-state index contributed by atoms with van der Waals surface area (Å²) in [5.41, 5.74) is 2.55. The van der Waals surface area contributed by atoms with Gasteiger partial charge in [-0.3, -0.25) is 10.00 Å². The highest BCUT2D eigenvalue weighted by Crippen LogP contribution is 2.46. The first-order chi connectivity index (χ1) is 23.9. The van der Waals surface area contributed by atoms with Crippen LogP contribution in [0.5, 0.6) is 11.9 Å². The number of halogens is 3. The molecule has 0 radical (unpaired) electrons. The number of rotatable bonds is 5. The lowest BCUT2D eigenvalue weighted by atomic mass is 9.91. The van der Waals surface area contributed by atoms with Crippen LogP contribution in [0.3, 0.4) is 0 Å². The summed E-state index contributed by atoms with van der Waals surface area (Å²) in [6.45, 7) is 7.23. The third kappa shape index (κ3) is 4.68. The lowest BCUT2D eigenvalue weighted by Crippen LogP contribution is -2.43. The number of nitrogens with zero attached hydrogens (tertiary/aromatic N) is 6. The van der Waals surface area contributed by atoms with Crippen LogP contribution in [0.25, 0.3) is 43.8 Å². The van der Waals surface area contributed by atoms with Crippen LogP contribution in [0.15, 0.2) is 30.1 Å². The van der Waals surface area contributed by atoms with Crippen LogP contribution in [-0.4, -0.2) is 87.7 Å². The molecule has 3 aromatic heterocycles. The lowest BCUT2D eigenvalue weighted by molar-refractivity contribution is 0.108. The largest absolute Gasteiger partial charge is 0.475 e. The van der Waals surface area contributed by atoms with Crippen molar-refractivity contribution in [3.8, 4) is 23.1 Å². The molecule has 5 aromatic rings. The van der Waals surface area contributed by atoms with Crippen molar-refractivity contribution in [2.24, 2.45) is 0 Å². The lowest BCUT2D eigenvalue weighted by Gasteiger charge is -2.31. The molecule has 4 aliphatic rings. The molecular formula is C36H36F3N7O3. The van der Waals surface area contributed by atoms with E-state index in [2.05, 4.69) is 20.0 Å². The van der Waals surface area contributed by atoms with Crippen molar-refractivity contribution in [2.45, 2.75) is 57.5 Å². The maximum Gasteiger partial charge on any atom is 0.319 e. The molecule has 254 valence electrons. The Bertz CT molecular complexity index is 2190. The Hall–Kier alpha value is -4.49. The Kier molecular flexibility index (Phi) is 7.20. The van der Waals surface area contributed by atoms with Gasteiger partial charge in [-0.1, -0.05) is 13.0 Å². The van der Waals surface area contributed by atoms with E-state index in [1.807, 2.05) is 19.9 Å². The summed E-state index contributed by atoms with van der Waals surface area (Å²) in [7, 11) is 0. The minimum Gasteiger partial charge on any atom is -0.475 e. The Morgan fingerprint density at radius 3 is 2.86 bits per heavy atom. The highest BCUT2D eigenvalue weighted by Gasteiger charge is 2.47. The summed E-state index contributed by atoms with van der Waals surface area (Å²) < 4.78 is 65.2. The normalized spacial score (nSPS) is 23.2. The van der Waals surface area contributed by atoms with Crippen molar-refractivity contribution < 1.29 is 27.4 Å². The van der Waals surface area contributed by atoms with Crippen LogP contribution in [0.1, 0.15) is 43.9 Å². The standard InChI is InChI=1S/C36H36F3N7O3/c1-3-23-24(38)7-6-21-12-25-26(19(2)43-44-25)28(27(21)23)31-30(39)32-29-33(46-10-5-11-47-16-22(46)17-48-34(29)40-31)42-35(41-32)49-18-36-8-4-9-45(36)15-20(13-36)14-37/h6-7,12,14,22H,3-5,8-11,13,15-18H2,1-2H3,(H,43,44)/b20-14-/t22-,36-/m0/s1. The average Bonchev–Trinajstić information content (AvgIpc) is 3.68. The highest BCUT2D eigenvalue weighted by molar-refractivity contribution is 6.14. The van der Waals surface area contributed by atoms with E-state index < -0.39 is 5.82 Å². The second-order valence-electron chi connectivity index (χ2n) is 13.7. The number of fused-ring (bicyclic) bond motifs is 5. The van der Waals surface area contributed by atoms with E-state index >= 15 is 8.78 Å². The topological polar surface area (TPSA) is 102 Å². The zero-order chi connectivity index (χ0) is 33.4. The van der Waals surface area contributed by atoms with Crippen molar-refractivity contribution >= 4 is 38.4 Å². The molecular weight excluding hydrogens is 635 g/mol. The molecule has 0 saturated carbocycles. The fourth-order valence-electron chi connectivity index (χ4n) is 8.50. The Morgan fingerprint density at radius 2 is 2.00 bits per heavy atom. The Labute approximate surface area is 280 Å². The number of ether oxygens (including phenoxy) is 3. The van der Waals surface area contributed by atoms with E-state index in [9.17, 15) is 4.39 Å². The van der Waals surface area contributed by atoms with Gasteiger partial charge >= 0.3 is 6.01 Å². The summed E-state index contributed by atoms with van der Waals surface area (Å²) >= 11 is 0. The number of pyridine rings is 1. The minimum atomic E-state index is -0.690. The zero-order valence-electron chi connectivity index (χ0n) is 27.4. The van der Waals surface area contributed by atoms with Gasteiger partial charge in [0.05, 0.1) is 30.0 Å². The van der Waals surface area contributed by atoms with Crippen molar-refractivity contribution in [1.29, 1.82) is 0 Å². The fraction of sp³-hybridized carbons (Fsp3) is 0.444. The quantitative estimate of drug-likeness (QED) is 0.230. The predicted octanol–water partition coefficient (Wildman–Crippen LogP) is 6.33. The zero-order valence-corrected chi connectivity index (χ0v) is 27.4. The van der Waals surface area contributed by atoms with Crippen molar-refractivity contribution in [2.75, 3.05) is 51.0 Å². The SMILES string of the molecule is CCc1c(F)ccc2cc3n[nH]c(C)c3c(-c3nc4c5c(nc(OC[C@@]67CCCN6C/C(=C\F)C7)nc5c3F)N3CCCOC[C@H]3CO4)c12. The number of aromatic nitrogens is 5. The van der Waals surface area contributed by atoms with E-state index in [1.54, 1.807) is 6.07 Å². The van der Waals surface area contributed by atoms with Gasteiger partial charge in [0.1, 0.15) is 41.4 Å².